The maximum atomic E-state index is 12.5. The van der Waals surface area contributed by atoms with Crippen LogP contribution in [0.2, 0.25) is 0 Å². The van der Waals surface area contributed by atoms with Gasteiger partial charge in [0.1, 0.15) is 18.7 Å². The van der Waals surface area contributed by atoms with E-state index in [1.54, 1.807) is 0 Å². The summed E-state index contributed by atoms with van der Waals surface area (Å²) >= 11 is 0. The van der Waals surface area contributed by atoms with Gasteiger partial charge in [-0.15, -0.1) is 0 Å². The summed E-state index contributed by atoms with van der Waals surface area (Å²) in [7, 11) is 0. The lowest BCUT2D eigenvalue weighted by atomic mass is 9.98. The largest absolute Gasteiger partial charge is 0.480 e. The van der Waals surface area contributed by atoms with Crippen LogP contribution < -0.4 is 10.6 Å². The standard InChI is InChI=1S/C24H28N2O6/c1-14(2)11-20(22(28)25-21(12-27)23(29)30)26-24(31)32-13-19-17-9-5-3-7-15(17)16-8-4-6-10-18(16)19/h3-10,14,19-21,27H,11-13H2,1-2H3,(H,25,28)(H,26,31)(H,29,30)/t20-,21-/m0/s1. The molecule has 0 heterocycles. The van der Waals surface area contributed by atoms with Crippen LogP contribution in [0.15, 0.2) is 48.5 Å². The van der Waals surface area contributed by atoms with Gasteiger partial charge in [0.15, 0.2) is 0 Å². The summed E-state index contributed by atoms with van der Waals surface area (Å²) in [5.74, 6) is -2.10. The minimum Gasteiger partial charge on any atom is -0.480 e. The second-order valence-corrected chi connectivity index (χ2v) is 8.23. The Balaban J connectivity index is 1.67. The zero-order valence-electron chi connectivity index (χ0n) is 18.1. The number of hydrogen-bond acceptors (Lipinski definition) is 5. The number of alkyl carbamates (subject to hydrolysis) is 1. The fraction of sp³-hybridized carbons (Fsp3) is 0.375. The van der Waals surface area contributed by atoms with Crippen LogP contribution in [-0.4, -0.2) is 53.5 Å². The summed E-state index contributed by atoms with van der Waals surface area (Å²) in [5.41, 5.74) is 4.37. The van der Waals surface area contributed by atoms with Crippen molar-refractivity contribution in [2.24, 2.45) is 5.92 Å². The van der Waals surface area contributed by atoms with Crippen molar-refractivity contribution in [3.05, 3.63) is 59.7 Å². The molecular weight excluding hydrogens is 412 g/mol. The molecule has 1 aliphatic rings. The molecule has 0 bridgehead atoms. The van der Waals surface area contributed by atoms with E-state index in [2.05, 4.69) is 10.6 Å². The van der Waals surface area contributed by atoms with Crippen molar-refractivity contribution in [2.45, 2.75) is 38.3 Å². The summed E-state index contributed by atoms with van der Waals surface area (Å²) in [6.07, 6.45) is -0.475. The van der Waals surface area contributed by atoms with Crippen LogP contribution >= 0.6 is 0 Å². The van der Waals surface area contributed by atoms with Crippen LogP contribution in [0.25, 0.3) is 11.1 Å². The van der Waals surface area contributed by atoms with Crippen molar-refractivity contribution < 1.29 is 29.3 Å². The van der Waals surface area contributed by atoms with Crippen LogP contribution in [0.1, 0.15) is 37.3 Å². The number of aliphatic hydroxyl groups excluding tert-OH is 1. The molecule has 0 aliphatic heterocycles. The quantitative estimate of drug-likeness (QED) is 0.475. The van der Waals surface area contributed by atoms with Crippen molar-refractivity contribution >= 4 is 18.0 Å². The summed E-state index contributed by atoms with van der Waals surface area (Å²) in [6.45, 7) is 3.10. The monoisotopic (exact) mass is 440 g/mol. The van der Waals surface area contributed by atoms with E-state index in [-0.39, 0.29) is 24.9 Å². The average Bonchev–Trinajstić information content (AvgIpc) is 3.08. The fourth-order valence-electron chi connectivity index (χ4n) is 3.94. The van der Waals surface area contributed by atoms with E-state index >= 15 is 0 Å². The summed E-state index contributed by atoms with van der Waals surface area (Å²) in [6, 6.07) is 13.5. The Labute approximate surface area is 186 Å². The number of benzene rings is 2. The van der Waals surface area contributed by atoms with E-state index in [9.17, 15) is 14.4 Å². The highest BCUT2D eigenvalue weighted by atomic mass is 16.5. The molecule has 2 aromatic carbocycles. The smallest absolute Gasteiger partial charge is 0.407 e. The molecule has 0 aromatic heterocycles. The normalized spacial score (nSPS) is 14.2. The molecule has 2 aromatic rings. The Morgan fingerprint density at radius 2 is 1.50 bits per heavy atom. The average molecular weight is 440 g/mol. The van der Waals surface area contributed by atoms with Gasteiger partial charge in [-0.2, -0.15) is 0 Å². The number of ether oxygens (including phenoxy) is 1. The van der Waals surface area contributed by atoms with Crippen molar-refractivity contribution in [1.82, 2.24) is 10.6 Å². The number of aliphatic carboxylic acids is 1. The maximum absolute atomic E-state index is 12.5. The lowest BCUT2D eigenvalue weighted by molar-refractivity contribution is -0.143. The molecule has 8 nitrogen and oxygen atoms in total. The molecule has 1 aliphatic carbocycles. The van der Waals surface area contributed by atoms with Crippen molar-refractivity contribution in [3.8, 4) is 11.1 Å². The van der Waals surface area contributed by atoms with E-state index in [1.165, 1.54) is 0 Å². The SMILES string of the molecule is CC(C)C[C@H](NC(=O)OCC1c2ccccc2-c2ccccc21)C(=O)N[C@@H](CO)C(=O)O. The lowest BCUT2D eigenvalue weighted by Gasteiger charge is -2.22. The number of carboxylic acids is 1. The number of fused-ring (bicyclic) bond motifs is 3. The van der Waals surface area contributed by atoms with Gasteiger partial charge < -0.3 is 25.6 Å². The number of nitrogens with one attached hydrogen (secondary N) is 2. The number of hydrogen-bond donors (Lipinski definition) is 4. The Hall–Kier alpha value is -3.39. The molecule has 0 radical (unpaired) electrons. The highest BCUT2D eigenvalue weighted by Gasteiger charge is 2.30. The third-order valence-corrected chi connectivity index (χ3v) is 5.46. The van der Waals surface area contributed by atoms with Gasteiger partial charge in [-0.25, -0.2) is 9.59 Å². The van der Waals surface area contributed by atoms with Gasteiger partial charge in [0.05, 0.1) is 6.61 Å². The van der Waals surface area contributed by atoms with Gasteiger partial charge in [0.2, 0.25) is 5.91 Å². The topological polar surface area (TPSA) is 125 Å². The Morgan fingerprint density at radius 1 is 0.938 bits per heavy atom. The number of carbonyl (C=O) groups excluding carboxylic acids is 2. The first kappa shape index (κ1) is 23.3. The molecule has 0 spiro atoms. The first-order valence-corrected chi connectivity index (χ1v) is 10.6. The number of aliphatic hydroxyl groups is 1. The van der Waals surface area contributed by atoms with Gasteiger partial charge in [-0.1, -0.05) is 62.4 Å². The van der Waals surface area contributed by atoms with E-state index < -0.39 is 36.7 Å². The molecule has 4 N–H and O–H groups in total. The Bertz CT molecular complexity index is 944. The van der Waals surface area contributed by atoms with Crippen LogP contribution in [0.3, 0.4) is 0 Å². The fourth-order valence-corrected chi connectivity index (χ4v) is 3.94. The molecule has 0 saturated heterocycles. The van der Waals surface area contributed by atoms with Crippen LogP contribution in [0, 0.1) is 5.92 Å². The first-order chi connectivity index (χ1) is 15.3. The van der Waals surface area contributed by atoms with Gasteiger partial charge >= 0.3 is 12.1 Å². The summed E-state index contributed by atoms with van der Waals surface area (Å²) in [5, 5.41) is 23.0. The molecule has 0 unspecified atom stereocenters. The van der Waals surface area contributed by atoms with Crippen molar-refractivity contribution in [3.63, 3.8) is 0 Å². The predicted octanol–water partition coefficient (Wildman–Crippen LogP) is 2.50. The number of carbonyl (C=O) groups is 3. The Morgan fingerprint density at radius 3 is 2.00 bits per heavy atom. The van der Waals surface area contributed by atoms with E-state index in [1.807, 2.05) is 62.4 Å². The van der Waals surface area contributed by atoms with Crippen LogP contribution in [-0.2, 0) is 14.3 Å². The van der Waals surface area contributed by atoms with Gasteiger partial charge in [0, 0.05) is 5.92 Å². The number of rotatable bonds is 9. The van der Waals surface area contributed by atoms with Crippen molar-refractivity contribution in [1.29, 1.82) is 0 Å². The van der Waals surface area contributed by atoms with Crippen molar-refractivity contribution in [2.75, 3.05) is 13.2 Å². The molecule has 32 heavy (non-hydrogen) atoms. The molecule has 0 fully saturated rings. The first-order valence-electron chi connectivity index (χ1n) is 10.6. The molecule has 8 heteroatoms. The minimum absolute atomic E-state index is 0.0528. The molecular formula is C24H28N2O6. The van der Waals surface area contributed by atoms with Gasteiger partial charge in [0.25, 0.3) is 0 Å². The Kier molecular flexibility index (Phi) is 7.48. The highest BCUT2D eigenvalue weighted by Crippen LogP contribution is 2.44. The third-order valence-electron chi connectivity index (χ3n) is 5.46. The second-order valence-electron chi connectivity index (χ2n) is 8.23. The molecule has 3 rings (SSSR count). The zero-order valence-corrected chi connectivity index (χ0v) is 18.1. The molecule has 2 atom stereocenters. The van der Waals surface area contributed by atoms with E-state index in [4.69, 9.17) is 14.9 Å². The second kappa shape index (κ2) is 10.3. The van der Waals surface area contributed by atoms with Gasteiger partial charge in [-0.05, 0) is 34.6 Å². The van der Waals surface area contributed by atoms with E-state index in [0.717, 1.165) is 22.3 Å². The van der Waals surface area contributed by atoms with Crippen LogP contribution in [0.4, 0.5) is 4.79 Å². The minimum atomic E-state index is -1.44. The van der Waals surface area contributed by atoms with E-state index in [0.29, 0.717) is 0 Å². The molecule has 2 amide bonds. The lowest BCUT2D eigenvalue weighted by Crippen LogP contribution is -2.53. The molecule has 170 valence electrons. The highest BCUT2D eigenvalue weighted by molar-refractivity contribution is 5.89. The van der Waals surface area contributed by atoms with Crippen LogP contribution in [0.5, 0.6) is 0 Å². The van der Waals surface area contributed by atoms with Gasteiger partial charge in [-0.3, -0.25) is 4.79 Å². The predicted molar refractivity (Wildman–Crippen MR) is 118 cm³/mol. The molecule has 0 saturated carbocycles. The number of carboxylic acid groups (broad SMARTS) is 1. The maximum Gasteiger partial charge on any atom is 0.407 e. The third kappa shape index (κ3) is 5.26. The zero-order chi connectivity index (χ0) is 23.3. The summed E-state index contributed by atoms with van der Waals surface area (Å²) in [4.78, 5) is 36.1. The summed E-state index contributed by atoms with van der Waals surface area (Å²) < 4.78 is 5.48. The number of amides is 2.